The van der Waals surface area contributed by atoms with E-state index in [4.69, 9.17) is 0 Å². The molecule has 1 aliphatic carbocycles. The van der Waals surface area contributed by atoms with E-state index in [1.54, 1.807) is 0 Å². The first-order chi connectivity index (χ1) is 31.2. The summed E-state index contributed by atoms with van der Waals surface area (Å²) in [6.07, 6.45) is 5.82. The van der Waals surface area contributed by atoms with Crippen LogP contribution in [0.3, 0.4) is 0 Å². The highest BCUT2D eigenvalue weighted by Crippen LogP contribution is 2.41. The molecule has 0 spiro atoms. The number of nitrogens with zero attached hydrogens (tertiary/aromatic N) is 3. The first-order valence-electron chi connectivity index (χ1n) is 21.9. The van der Waals surface area contributed by atoms with Gasteiger partial charge in [0.2, 0.25) is 0 Å². The molecule has 0 saturated heterocycles. The molecule has 3 aromatic heterocycles. The van der Waals surface area contributed by atoms with E-state index in [1.807, 2.05) is 0 Å². The SMILES string of the molecule is C1=C(c2ccc(-n3c4ccccc4c4ccccc43)cc2)C=C(c2ccc(-n3c4ccccc4c4ccccc43)cc2)CC1c1ccc(-n2c3ccccc3c3ccccc32)cc1. The molecule has 1 aliphatic rings. The van der Waals surface area contributed by atoms with Crippen molar-refractivity contribution in [3.05, 3.63) is 247 Å². The zero-order valence-corrected chi connectivity index (χ0v) is 34.6. The van der Waals surface area contributed by atoms with Gasteiger partial charge in [-0.2, -0.15) is 0 Å². The van der Waals surface area contributed by atoms with Crippen molar-refractivity contribution < 1.29 is 0 Å². The fourth-order valence-electron chi connectivity index (χ4n) is 10.5. The topological polar surface area (TPSA) is 14.8 Å². The molecule has 9 aromatic carbocycles. The second-order valence-corrected chi connectivity index (χ2v) is 16.9. The maximum Gasteiger partial charge on any atom is 0.0541 e. The summed E-state index contributed by atoms with van der Waals surface area (Å²) in [5.74, 6) is 0.196. The molecule has 1 unspecified atom stereocenters. The minimum absolute atomic E-state index is 0.196. The summed E-state index contributed by atoms with van der Waals surface area (Å²) in [6.45, 7) is 0. The van der Waals surface area contributed by atoms with Gasteiger partial charge in [-0.1, -0.05) is 158 Å². The van der Waals surface area contributed by atoms with E-state index in [9.17, 15) is 0 Å². The molecule has 0 fully saturated rings. The lowest BCUT2D eigenvalue weighted by Crippen LogP contribution is -2.05. The van der Waals surface area contributed by atoms with Gasteiger partial charge in [0.15, 0.2) is 0 Å². The Balaban J connectivity index is 0.903. The lowest BCUT2D eigenvalue weighted by molar-refractivity contribution is 0.870. The predicted octanol–water partition coefficient (Wildman–Crippen LogP) is 15.6. The van der Waals surface area contributed by atoms with Crippen LogP contribution in [0.4, 0.5) is 0 Å². The molecule has 0 aliphatic heterocycles. The molecule has 3 heteroatoms. The molecule has 13 rings (SSSR count). The molecule has 0 amide bonds. The zero-order valence-electron chi connectivity index (χ0n) is 34.6. The standard InChI is InChI=1S/C60H41N3/c1-7-19-55-49(13-1)50-14-2-8-20-56(50)61(55)46-31-25-40(26-32-46)43-37-44(41-27-33-47(34-28-41)62-57-21-9-3-15-51(57)52-16-4-10-22-58(52)62)39-45(38-43)42-29-35-48(36-30-42)63-59-23-11-5-17-53(59)54-18-6-12-24-60(54)63/h1-38,44H,39H2. The average molecular weight is 804 g/mol. The molecule has 296 valence electrons. The van der Waals surface area contributed by atoms with E-state index in [2.05, 4.69) is 244 Å². The van der Waals surface area contributed by atoms with Crippen LogP contribution in [0.2, 0.25) is 0 Å². The third kappa shape index (κ3) is 5.67. The molecular weight excluding hydrogens is 763 g/mol. The monoisotopic (exact) mass is 803 g/mol. The van der Waals surface area contributed by atoms with Crippen molar-refractivity contribution in [3.8, 4) is 17.1 Å². The maximum atomic E-state index is 2.49. The van der Waals surface area contributed by atoms with E-state index in [0.29, 0.717) is 0 Å². The van der Waals surface area contributed by atoms with Crippen LogP contribution in [-0.4, -0.2) is 13.7 Å². The molecule has 0 bridgehead atoms. The number of benzene rings is 9. The summed E-state index contributed by atoms with van der Waals surface area (Å²) >= 11 is 0. The third-order valence-electron chi connectivity index (χ3n) is 13.4. The van der Waals surface area contributed by atoms with Gasteiger partial charge in [0.25, 0.3) is 0 Å². The zero-order chi connectivity index (χ0) is 41.4. The molecule has 63 heavy (non-hydrogen) atoms. The normalized spacial score (nSPS) is 14.3. The van der Waals surface area contributed by atoms with E-state index in [-0.39, 0.29) is 5.92 Å². The van der Waals surface area contributed by atoms with Crippen LogP contribution >= 0.6 is 0 Å². The Morgan fingerprint density at radius 1 is 0.302 bits per heavy atom. The van der Waals surface area contributed by atoms with Gasteiger partial charge in [-0.15, -0.1) is 0 Å². The fourth-order valence-corrected chi connectivity index (χ4v) is 10.5. The first kappa shape index (κ1) is 35.6. The number of aromatic nitrogens is 3. The van der Waals surface area contributed by atoms with Crippen molar-refractivity contribution in [3.63, 3.8) is 0 Å². The molecule has 0 saturated carbocycles. The highest BCUT2D eigenvalue weighted by molar-refractivity contribution is 6.11. The Morgan fingerprint density at radius 2 is 0.603 bits per heavy atom. The molecule has 12 aromatic rings. The van der Waals surface area contributed by atoms with Gasteiger partial charge >= 0.3 is 0 Å². The average Bonchev–Trinajstić information content (AvgIpc) is 4.00. The summed E-state index contributed by atoms with van der Waals surface area (Å²) in [6, 6.07) is 80.1. The smallest absolute Gasteiger partial charge is 0.0541 e. The van der Waals surface area contributed by atoms with Crippen molar-refractivity contribution >= 4 is 76.6 Å². The predicted molar refractivity (Wildman–Crippen MR) is 266 cm³/mol. The van der Waals surface area contributed by atoms with Crippen molar-refractivity contribution in [2.45, 2.75) is 12.3 Å². The number of rotatable bonds is 6. The summed E-state index contributed by atoms with van der Waals surface area (Å²) in [5.41, 5.74) is 17.2. The summed E-state index contributed by atoms with van der Waals surface area (Å²) < 4.78 is 7.19. The quantitative estimate of drug-likeness (QED) is 0.159. The van der Waals surface area contributed by atoms with Gasteiger partial charge in [-0.3, -0.25) is 0 Å². The maximum absolute atomic E-state index is 2.49. The van der Waals surface area contributed by atoms with Gasteiger partial charge in [0.05, 0.1) is 33.1 Å². The minimum Gasteiger partial charge on any atom is -0.309 e. The fraction of sp³-hybridized carbons (Fsp3) is 0.0333. The van der Waals surface area contributed by atoms with Crippen LogP contribution < -0.4 is 0 Å². The lowest BCUT2D eigenvalue weighted by Gasteiger charge is -2.24. The highest BCUT2D eigenvalue weighted by Gasteiger charge is 2.21. The highest BCUT2D eigenvalue weighted by atomic mass is 15.0. The molecule has 1 atom stereocenters. The van der Waals surface area contributed by atoms with Crippen LogP contribution in [0.15, 0.2) is 231 Å². The largest absolute Gasteiger partial charge is 0.309 e. The van der Waals surface area contributed by atoms with E-state index >= 15 is 0 Å². The third-order valence-corrected chi connectivity index (χ3v) is 13.4. The van der Waals surface area contributed by atoms with Gasteiger partial charge in [0.1, 0.15) is 0 Å². The molecular formula is C60H41N3. The first-order valence-corrected chi connectivity index (χ1v) is 21.9. The number of hydrogen-bond donors (Lipinski definition) is 0. The van der Waals surface area contributed by atoms with E-state index in [1.165, 1.54) is 105 Å². The number of hydrogen-bond acceptors (Lipinski definition) is 0. The number of para-hydroxylation sites is 6. The molecule has 0 N–H and O–H groups in total. The summed E-state index contributed by atoms with van der Waals surface area (Å²) in [4.78, 5) is 0. The van der Waals surface area contributed by atoms with Crippen molar-refractivity contribution in [2.75, 3.05) is 0 Å². The Bertz CT molecular complexity index is 3640. The Kier molecular flexibility index (Phi) is 8.04. The van der Waals surface area contributed by atoms with Gasteiger partial charge in [-0.05, 0) is 107 Å². The number of allylic oxidation sites excluding steroid dienone is 4. The van der Waals surface area contributed by atoms with Crippen molar-refractivity contribution in [2.24, 2.45) is 0 Å². The summed E-state index contributed by atoms with van der Waals surface area (Å²) in [5, 5.41) is 7.66. The van der Waals surface area contributed by atoms with Crippen LogP contribution in [0, 0.1) is 0 Å². The van der Waals surface area contributed by atoms with Gasteiger partial charge in [-0.25, -0.2) is 0 Å². The molecule has 0 radical (unpaired) electrons. The van der Waals surface area contributed by atoms with Crippen LogP contribution in [0.25, 0.3) is 93.6 Å². The van der Waals surface area contributed by atoms with E-state index in [0.717, 1.165) is 12.1 Å². The Hall–Kier alpha value is -8.14. The minimum atomic E-state index is 0.196. The van der Waals surface area contributed by atoms with Gasteiger partial charge < -0.3 is 13.7 Å². The van der Waals surface area contributed by atoms with Crippen LogP contribution in [0.1, 0.15) is 29.0 Å². The Labute approximate surface area is 365 Å². The lowest BCUT2D eigenvalue weighted by atomic mass is 9.81. The summed E-state index contributed by atoms with van der Waals surface area (Å²) in [7, 11) is 0. The van der Waals surface area contributed by atoms with Crippen molar-refractivity contribution in [1.82, 2.24) is 13.7 Å². The van der Waals surface area contributed by atoms with Crippen LogP contribution in [-0.2, 0) is 0 Å². The number of fused-ring (bicyclic) bond motifs is 9. The van der Waals surface area contributed by atoms with Gasteiger partial charge in [0, 0.05) is 55.3 Å². The Morgan fingerprint density at radius 3 is 0.952 bits per heavy atom. The van der Waals surface area contributed by atoms with Crippen molar-refractivity contribution in [1.29, 1.82) is 0 Å². The van der Waals surface area contributed by atoms with Crippen LogP contribution in [0.5, 0.6) is 0 Å². The second-order valence-electron chi connectivity index (χ2n) is 16.9. The second kappa shape index (κ2) is 14.2. The van der Waals surface area contributed by atoms with E-state index < -0.39 is 0 Å². The molecule has 3 nitrogen and oxygen atoms in total. The molecule has 3 heterocycles.